The number of carbonyl (C=O) groups is 1. The van der Waals surface area contributed by atoms with Gasteiger partial charge in [-0.25, -0.2) is 0 Å². The second-order valence-electron chi connectivity index (χ2n) is 4.71. The van der Waals surface area contributed by atoms with Crippen LogP contribution < -0.4 is 5.32 Å². The number of aryl methyl sites for hydroxylation is 3. The van der Waals surface area contributed by atoms with Crippen molar-refractivity contribution in [3.63, 3.8) is 0 Å². The predicted octanol–water partition coefficient (Wildman–Crippen LogP) is 4.63. The maximum absolute atomic E-state index is 12.3. The van der Waals surface area contributed by atoms with Gasteiger partial charge < -0.3 is 5.32 Å². The first-order valence-electron chi connectivity index (χ1n) is 6.13. The van der Waals surface area contributed by atoms with E-state index in [0.717, 1.165) is 21.3 Å². The van der Waals surface area contributed by atoms with Crippen molar-refractivity contribution in [2.45, 2.75) is 20.8 Å². The van der Waals surface area contributed by atoms with Gasteiger partial charge in [-0.05, 0) is 60.0 Å². The summed E-state index contributed by atoms with van der Waals surface area (Å²) in [5, 5.41) is 2.95. The monoisotopic (exact) mass is 317 g/mol. The summed E-state index contributed by atoms with van der Waals surface area (Å²) in [4.78, 5) is 12.3. The minimum absolute atomic E-state index is 0.0949. The summed E-state index contributed by atoms with van der Waals surface area (Å²) in [6.45, 7) is 6.00. The number of amides is 1. The molecule has 0 aliphatic heterocycles. The number of carbonyl (C=O) groups excluding carboxylic acids is 1. The quantitative estimate of drug-likeness (QED) is 0.859. The molecule has 0 fully saturated rings. The number of nitrogens with one attached hydrogen (secondary N) is 1. The van der Waals surface area contributed by atoms with E-state index in [2.05, 4.69) is 27.3 Å². The van der Waals surface area contributed by atoms with E-state index in [1.165, 1.54) is 5.56 Å². The Kier molecular flexibility index (Phi) is 4.05. The number of benzene rings is 2. The average molecular weight is 318 g/mol. The van der Waals surface area contributed by atoms with Crippen molar-refractivity contribution < 1.29 is 4.79 Å². The van der Waals surface area contributed by atoms with Crippen LogP contribution in [0.4, 0.5) is 5.69 Å². The Balaban J connectivity index is 2.28. The lowest BCUT2D eigenvalue weighted by Crippen LogP contribution is -2.13. The molecular weight excluding hydrogens is 302 g/mol. The van der Waals surface area contributed by atoms with E-state index >= 15 is 0 Å². The smallest absolute Gasteiger partial charge is 0.256 e. The second-order valence-corrected chi connectivity index (χ2v) is 5.50. The minimum Gasteiger partial charge on any atom is -0.322 e. The van der Waals surface area contributed by atoms with Gasteiger partial charge in [0.25, 0.3) is 5.91 Å². The van der Waals surface area contributed by atoms with Crippen molar-refractivity contribution in [3.8, 4) is 0 Å². The molecule has 0 aliphatic rings. The molecule has 2 nitrogen and oxygen atoms in total. The molecule has 0 saturated heterocycles. The van der Waals surface area contributed by atoms with Gasteiger partial charge in [0, 0.05) is 10.2 Å². The van der Waals surface area contributed by atoms with Crippen LogP contribution in [0.2, 0.25) is 0 Å². The third-order valence-electron chi connectivity index (χ3n) is 3.07. The Bertz CT molecular complexity index is 635. The summed E-state index contributed by atoms with van der Waals surface area (Å²) in [5.74, 6) is -0.0949. The van der Waals surface area contributed by atoms with Gasteiger partial charge in [-0.1, -0.05) is 29.8 Å². The third-order valence-corrected chi connectivity index (χ3v) is 4.12. The molecule has 0 saturated carbocycles. The number of halogens is 1. The van der Waals surface area contributed by atoms with Crippen molar-refractivity contribution in [1.82, 2.24) is 0 Å². The molecule has 19 heavy (non-hydrogen) atoms. The molecule has 0 aliphatic carbocycles. The highest BCUT2D eigenvalue weighted by molar-refractivity contribution is 9.10. The van der Waals surface area contributed by atoms with Gasteiger partial charge in [0.2, 0.25) is 0 Å². The number of hydrogen-bond donors (Lipinski definition) is 1. The second kappa shape index (κ2) is 5.57. The van der Waals surface area contributed by atoms with Crippen molar-refractivity contribution in [2.24, 2.45) is 0 Å². The van der Waals surface area contributed by atoms with Gasteiger partial charge in [-0.15, -0.1) is 0 Å². The summed E-state index contributed by atoms with van der Waals surface area (Å²) in [5.41, 5.74) is 4.81. The van der Waals surface area contributed by atoms with E-state index in [-0.39, 0.29) is 5.91 Å². The van der Waals surface area contributed by atoms with Gasteiger partial charge in [-0.3, -0.25) is 4.79 Å². The Hall–Kier alpha value is -1.61. The molecule has 1 N–H and O–H groups in total. The molecule has 2 aromatic carbocycles. The van der Waals surface area contributed by atoms with Gasteiger partial charge >= 0.3 is 0 Å². The van der Waals surface area contributed by atoms with Crippen LogP contribution in [0, 0.1) is 20.8 Å². The zero-order chi connectivity index (χ0) is 14.0. The molecule has 0 radical (unpaired) electrons. The van der Waals surface area contributed by atoms with Gasteiger partial charge in [0.05, 0.1) is 5.56 Å². The van der Waals surface area contributed by atoms with Crippen LogP contribution in [0.3, 0.4) is 0 Å². The normalized spacial score (nSPS) is 10.3. The summed E-state index contributed by atoms with van der Waals surface area (Å²) < 4.78 is 0.845. The maximum Gasteiger partial charge on any atom is 0.256 e. The SMILES string of the molecule is Cc1ccc(NC(=O)c2cccc(C)c2Br)c(C)c1. The van der Waals surface area contributed by atoms with Crippen molar-refractivity contribution in [1.29, 1.82) is 0 Å². The Labute approximate surface area is 122 Å². The lowest BCUT2D eigenvalue weighted by atomic mass is 10.1. The van der Waals surface area contributed by atoms with E-state index in [9.17, 15) is 4.79 Å². The Morgan fingerprint density at radius 3 is 2.47 bits per heavy atom. The highest BCUT2D eigenvalue weighted by atomic mass is 79.9. The molecule has 0 atom stereocenters. The molecule has 0 spiro atoms. The van der Waals surface area contributed by atoms with E-state index < -0.39 is 0 Å². The molecule has 2 aromatic rings. The van der Waals surface area contributed by atoms with Crippen molar-refractivity contribution in [2.75, 3.05) is 5.32 Å². The molecule has 2 rings (SSSR count). The minimum atomic E-state index is -0.0949. The standard InChI is InChI=1S/C16H16BrNO/c1-10-7-8-14(12(3)9-10)18-16(19)13-6-4-5-11(2)15(13)17/h4-9H,1-3H3,(H,18,19). The van der Waals surface area contributed by atoms with E-state index in [1.807, 2.05) is 51.1 Å². The zero-order valence-corrected chi connectivity index (χ0v) is 12.8. The van der Waals surface area contributed by atoms with Crippen LogP contribution in [0.15, 0.2) is 40.9 Å². The Morgan fingerprint density at radius 1 is 1.05 bits per heavy atom. The van der Waals surface area contributed by atoms with E-state index in [1.54, 1.807) is 0 Å². The van der Waals surface area contributed by atoms with Gasteiger partial charge in [-0.2, -0.15) is 0 Å². The summed E-state index contributed by atoms with van der Waals surface area (Å²) >= 11 is 3.46. The first kappa shape index (κ1) is 13.8. The molecule has 3 heteroatoms. The fourth-order valence-electron chi connectivity index (χ4n) is 1.97. The van der Waals surface area contributed by atoms with Crippen LogP contribution in [-0.2, 0) is 0 Å². The number of anilines is 1. The van der Waals surface area contributed by atoms with Crippen LogP contribution in [-0.4, -0.2) is 5.91 Å². The lowest BCUT2D eigenvalue weighted by Gasteiger charge is -2.11. The average Bonchev–Trinajstić information content (AvgIpc) is 2.36. The molecule has 98 valence electrons. The molecule has 0 aromatic heterocycles. The van der Waals surface area contributed by atoms with Crippen LogP contribution in [0.1, 0.15) is 27.0 Å². The summed E-state index contributed by atoms with van der Waals surface area (Å²) in [7, 11) is 0. The largest absolute Gasteiger partial charge is 0.322 e. The number of rotatable bonds is 2. The van der Waals surface area contributed by atoms with Crippen molar-refractivity contribution >= 4 is 27.5 Å². The molecule has 1 amide bonds. The first-order valence-corrected chi connectivity index (χ1v) is 6.92. The fourth-order valence-corrected chi connectivity index (χ4v) is 2.41. The summed E-state index contributed by atoms with van der Waals surface area (Å²) in [6.07, 6.45) is 0. The zero-order valence-electron chi connectivity index (χ0n) is 11.3. The van der Waals surface area contributed by atoms with E-state index in [4.69, 9.17) is 0 Å². The number of hydrogen-bond acceptors (Lipinski definition) is 1. The van der Waals surface area contributed by atoms with Gasteiger partial charge in [0.15, 0.2) is 0 Å². The molecule has 0 unspecified atom stereocenters. The maximum atomic E-state index is 12.3. The van der Waals surface area contributed by atoms with Crippen LogP contribution >= 0.6 is 15.9 Å². The fraction of sp³-hybridized carbons (Fsp3) is 0.188. The lowest BCUT2D eigenvalue weighted by molar-refractivity contribution is 0.102. The van der Waals surface area contributed by atoms with E-state index in [0.29, 0.717) is 5.56 Å². The Morgan fingerprint density at radius 2 is 1.79 bits per heavy atom. The summed E-state index contributed by atoms with van der Waals surface area (Å²) in [6, 6.07) is 11.7. The van der Waals surface area contributed by atoms with Crippen LogP contribution in [0.25, 0.3) is 0 Å². The highest BCUT2D eigenvalue weighted by Crippen LogP contribution is 2.23. The molecular formula is C16H16BrNO. The predicted molar refractivity (Wildman–Crippen MR) is 82.7 cm³/mol. The van der Waals surface area contributed by atoms with Crippen molar-refractivity contribution in [3.05, 3.63) is 63.1 Å². The first-order chi connectivity index (χ1) is 8.99. The topological polar surface area (TPSA) is 29.1 Å². The van der Waals surface area contributed by atoms with Gasteiger partial charge in [0.1, 0.15) is 0 Å². The van der Waals surface area contributed by atoms with Crippen LogP contribution in [0.5, 0.6) is 0 Å². The molecule has 0 heterocycles. The highest BCUT2D eigenvalue weighted by Gasteiger charge is 2.12. The third kappa shape index (κ3) is 3.04. The molecule has 0 bridgehead atoms.